The molecule has 5 rings (SSSR count). The van der Waals surface area contributed by atoms with Gasteiger partial charge in [-0.15, -0.1) is 0 Å². The third kappa shape index (κ3) is 2.83. The number of ether oxygens (including phenoxy) is 1. The lowest BCUT2D eigenvalue weighted by Gasteiger charge is -2.19. The molecule has 0 amide bonds. The van der Waals surface area contributed by atoms with E-state index < -0.39 is 5.97 Å². The summed E-state index contributed by atoms with van der Waals surface area (Å²) in [4.78, 5) is 18.7. The highest BCUT2D eigenvalue weighted by Crippen LogP contribution is 2.45. The monoisotopic (exact) mass is 341 g/mol. The fourth-order valence-electron chi connectivity index (χ4n) is 4.45. The van der Waals surface area contributed by atoms with E-state index in [1.807, 2.05) is 6.07 Å². The van der Waals surface area contributed by atoms with Crippen molar-refractivity contribution in [3.63, 3.8) is 0 Å². The number of hydrogen-bond acceptors (Lipinski definition) is 4. The highest BCUT2D eigenvalue weighted by Gasteiger charge is 2.45. The third-order valence-corrected chi connectivity index (χ3v) is 5.90. The number of rotatable bonds is 5. The Bertz CT molecular complexity index is 815. The van der Waals surface area contributed by atoms with Gasteiger partial charge in [-0.05, 0) is 49.3 Å². The first-order valence-electron chi connectivity index (χ1n) is 9.24. The van der Waals surface area contributed by atoms with Crippen molar-refractivity contribution < 1.29 is 14.6 Å². The summed E-state index contributed by atoms with van der Waals surface area (Å²) in [5.74, 6) is 1.94. The summed E-state index contributed by atoms with van der Waals surface area (Å²) in [6, 6.07) is 5.23. The number of fused-ring (bicyclic) bond motifs is 2. The van der Waals surface area contributed by atoms with Crippen LogP contribution in [0, 0.1) is 11.8 Å². The van der Waals surface area contributed by atoms with Crippen molar-refractivity contribution in [1.29, 1.82) is 0 Å². The molecule has 1 aromatic carbocycles. The lowest BCUT2D eigenvalue weighted by Crippen LogP contribution is -2.25. The van der Waals surface area contributed by atoms with Gasteiger partial charge in [0.25, 0.3) is 0 Å². The average molecular weight is 341 g/mol. The smallest absolute Gasteiger partial charge is 0.335 e. The van der Waals surface area contributed by atoms with E-state index in [0.717, 1.165) is 61.2 Å². The highest BCUT2D eigenvalue weighted by atomic mass is 16.5. The van der Waals surface area contributed by atoms with Crippen molar-refractivity contribution in [3.05, 3.63) is 29.6 Å². The van der Waals surface area contributed by atoms with E-state index in [2.05, 4.69) is 9.47 Å². The molecule has 3 fully saturated rings. The molecule has 1 aliphatic carbocycles. The summed E-state index contributed by atoms with van der Waals surface area (Å²) < 4.78 is 8.02. The molecule has 0 spiro atoms. The molecule has 2 aromatic rings. The van der Waals surface area contributed by atoms with Crippen molar-refractivity contribution >= 4 is 17.0 Å². The van der Waals surface area contributed by atoms with Crippen LogP contribution in [0.15, 0.2) is 18.2 Å². The number of imidazole rings is 1. The largest absolute Gasteiger partial charge is 0.478 e. The van der Waals surface area contributed by atoms with Crippen LogP contribution in [-0.2, 0) is 17.8 Å². The van der Waals surface area contributed by atoms with Gasteiger partial charge in [0, 0.05) is 19.7 Å². The zero-order valence-electron chi connectivity index (χ0n) is 14.2. The minimum atomic E-state index is -0.895. The molecular formula is C19H23N3O3. The second-order valence-corrected chi connectivity index (χ2v) is 7.73. The van der Waals surface area contributed by atoms with Crippen LogP contribution >= 0.6 is 0 Å². The van der Waals surface area contributed by atoms with Crippen LogP contribution in [0.4, 0.5) is 0 Å². The van der Waals surface area contributed by atoms with Crippen molar-refractivity contribution in [2.45, 2.75) is 38.5 Å². The summed E-state index contributed by atoms with van der Waals surface area (Å²) in [6.45, 7) is 4.78. The first-order chi connectivity index (χ1) is 12.2. The first kappa shape index (κ1) is 15.3. The lowest BCUT2D eigenvalue weighted by atomic mass is 10.2. The molecule has 25 heavy (non-hydrogen) atoms. The number of carbonyl (C=O) groups is 1. The maximum Gasteiger partial charge on any atom is 0.335 e. The van der Waals surface area contributed by atoms with E-state index in [4.69, 9.17) is 9.72 Å². The van der Waals surface area contributed by atoms with Gasteiger partial charge in [-0.2, -0.15) is 0 Å². The zero-order chi connectivity index (χ0) is 17.0. The number of carboxylic acid groups (broad SMARTS) is 1. The van der Waals surface area contributed by atoms with Gasteiger partial charge in [0.1, 0.15) is 5.82 Å². The summed E-state index contributed by atoms with van der Waals surface area (Å²) in [5, 5.41) is 9.33. The number of aromatic nitrogens is 2. The summed E-state index contributed by atoms with van der Waals surface area (Å²) in [5.41, 5.74) is 2.10. The number of aromatic carboxylic acids is 1. The molecule has 0 radical (unpaired) electrons. The van der Waals surface area contributed by atoms with Crippen LogP contribution in [0.3, 0.4) is 0 Å². The van der Waals surface area contributed by atoms with Crippen LogP contribution in [0.5, 0.6) is 0 Å². The van der Waals surface area contributed by atoms with Gasteiger partial charge >= 0.3 is 5.97 Å². The quantitative estimate of drug-likeness (QED) is 0.904. The number of hydrogen-bond donors (Lipinski definition) is 1. The maximum absolute atomic E-state index is 11.4. The normalized spacial score (nSPS) is 28.6. The Morgan fingerprint density at radius 3 is 2.88 bits per heavy atom. The standard InChI is InChI=1S/C19H23N3O3/c23-19(24)12-3-4-16-17(7-12)22(10-15-2-1-5-25-15)18(20-16)11-21-8-13-6-14(13)9-21/h3-4,7,13-15H,1-2,5-6,8-11H2,(H,23,24). The predicted octanol–water partition coefficient (Wildman–Crippen LogP) is 2.37. The van der Waals surface area contributed by atoms with Gasteiger partial charge in [0.15, 0.2) is 0 Å². The molecule has 3 atom stereocenters. The SMILES string of the molecule is O=C(O)c1ccc2nc(CN3CC4CC4C3)n(CC3CCCO3)c2c1. The van der Waals surface area contributed by atoms with Gasteiger partial charge < -0.3 is 14.4 Å². The molecule has 6 heteroatoms. The number of nitrogens with zero attached hydrogens (tertiary/aromatic N) is 3. The van der Waals surface area contributed by atoms with Crippen LogP contribution in [0.25, 0.3) is 11.0 Å². The van der Waals surface area contributed by atoms with Crippen molar-refractivity contribution in [2.75, 3.05) is 19.7 Å². The van der Waals surface area contributed by atoms with E-state index in [-0.39, 0.29) is 6.10 Å². The average Bonchev–Trinajstić information content (AvgIpc) is 2.99. The van der Waals surface area contributed by atoms with Crippen LogP contribution in [0.1, 0.15) is 35.4 Å². The molecule has 6 nitrogen and oxygen atoms in total. The minimum Gasteiger partial charge on any atom is -0.478 e. The minimum absolute atomic E-state index is 0.205. The van der Waals surface area contributed by atoms with E-state index in [9.17, 15) is 9.90 Å². The molecule has 2 saturated heterocycles. The Labute approximate surface area is 146 Å². The number of piperidine rings is 1. The highest BCUT2D eigenvalue weighted by molar-refractivity contribution is 5.92. The molecule has 2 aliphatic heterocycles. The van der Waals surface area contributed by atoms with Gasteiger partial charge in [-0.3, -0.25) is 4.90 Å². The fraction of sp³-hybridized carbons (Fsp3) is 0.579. The summed E-state index contributed by atoms with van der Waals surface area (Å²) in [6.07, 6.45) is 3.76. The molecule has 1 saturated carbocycles. The Hall–Kier alpha value is -1.92. The van der Waals surface area contributed by atoms with Gasteiger partial charge in [-0.1, -0.05) is 0 Å². The van der Waals surface area contributed by atoms with Crippen molar-refractivity contribution in [1.82, 2.24) is 14.5 Å². The van der Waals surface area contributed by atoms with Crippen molar-refractivity contribution in [3.8, 4) is 0 Å². The Morgan fingerprint density at radius 2 is 2.16 bits per heavy atom. The first-order valence-corrected chi connectivity index (χ1v) is 9.24. The third-order valence-electron chi connectivity index (χ3n) is 5.90. The Balaban J connectivity index is 1.50. The topological polar surface area (TPSA) is 67.6 Å². The molecule has 0 bridgehead atoms. The Kier molecular flexibility index (Phi) is 3.57. The second kappa shape index (κ2) is 5.81. The van der Waals surface area contributed by atoms with Crippen LogP contribution < -0.4 is 0 Å². The predicted molar refractivity (Wildman–Crippen MR) is 92.5 cm³/mol. The molecule has 3 aliphatic rings. The van der Waals surface area contributed by atoms with Crippen LogP contribution in [0.2, 0.25) is 0 Å². The van der Waals surface area contributed by atoms with E-state index in [0.29, 0.717) is 5.56 Å². The molecule has 1 N–H and O–H groups in total. The maximum atomic E-state index is 11.4. The zero-order valence-corrected chi connectivity index (χ0v) is 14.2. The summed E-state index contributed by atoms with van der Waals surface area (Å²) >= 11 is 0. The van der Waals surface area contributed by atoms with Crippen LogP contribution in [-0.4, -0.2) is 51.3 Å². The Morgan fingerprint density at radius 1 is 1.32 bits per heavy atom. The van der Waals surface area contributed by atoms with Gasteiger partial charge in [-0.25, -0.2) is 9.78 Å². The molecule has 3 unspecified atom stereocenters. The van der Waals surface area contributed by atoms with Crippen molar-refractivity contribution in [2.24, 2.45) is 11.8 Å². The lowest BCUT2D eigenvalue weighted by molar-refractivity contribution is 0.0697. The number of benzene rings is 1. The number of carboxylic acids is 1. The molecular weight excluding hydrogens is 318 g/mol. The van der Waals surface area contributed by atoms with E-state index >= 15 is 0 Å². The van der Waals surface area contributed by atoms with Gasteiger partial charge in [0.05, 0.1) is 35.8 Å². The molecule has 3 heterocycles. The van der Waals surface area contributed by atoms with Gasteiger partial charge in [0.2, 0.25) is 0 Å². The number of likely N-dealkylation sites (tertiary alicyclic amines) is 1. The molecule has 132 valence electrons. The fourth-order valence-corrected chi connectivity index (χ4v) is 4.45. The van der Waals surface area contributed by atoms with E-state index in [1.54, 1.807) is 12.1 Å². The van der Waals surface area contributed by atoms with E-state index in [1.165, 1.54) is 19.5 Å². The summed E-state index contributed by atoms with van der Waals surface area (Å²) in [7, 11) is 0. The molecule has 1 aromatic heterocycles. The second-order valence-electron chi connectivity index (χ2n) is 7.73.